The highest BCUT2D eigenvalue weighted by Crippen LogP contribution is 2.32. The van der Waals surface area contributed by atoms with E-state index in [1.54, 1.807) is 6.20 Å². The molecule has 2 saturated heterocycles. The van der Waals surface area contributed by atoms with E-state index < -0.39 is 0 Å². The second-order valence-corrected chi connectivity index (χ2v) is 6.51. The van der Waals surface area contributed by atoms with Crippen molar-refractivity contribution in [3.8, 4) is 0 Å². The van der Waals surface area contributed by atoms with Crippen molar-refractivity contribution in [1.82, 2.24) is 15.2 Å². The van der Waals surface area contributed by atoms with Crippen LogP contribution >= 0.6 is 0 Å². The minimum absolute atomic E-state index is 0.149. The topological polar surface area (TPSA) is 72.4 Å². The van der Waals surface area contributed by atoms with Crippen molar-refractivity contribution >= 4 is 11.8 Å². The maximum atomic E-state index is 5.77. The van der Waals surface area contributed by atoms with Gasteiger partial charge in [0.15, 0.2) is 11.6 Å². The van der Waals surface area contributed by atoms with Crippen LogP contribution in [0.25, 0.3) is 0 Å². The van der Waals surface area contributed by atoms with Crippen LogP contribution in [0, 0.1) is 0 Å². The Labute approximate surface area is 147 Å². The number of nitrogens with zero attached hydrogens (tertiary/aromatic N) is 4. The number of nitrogens with one attached hydrogen (secondary N) is 1. The van der Waals surface area contributed by atoms with E-state index >= 15 is 0 Å². The molecule has 1 spiro atoms. The molecule has 0 radical (unpaired) electrons. The van der Waals surface area contributed by atoms with Crippen LogP contribution in [-0.2, 0) is 9.47 Å². The number of hydrogen-bond donors (Lipinski definition) is 1. The van der Waals surface area contributed by atoms with Gasteiger partial charge < -0.3 is 19.7 Å². The van der Waals surface area contributed by atoms with Gasteiger partial charge in [-0.1, -0.05) is 30.3 Å². The molecule has 2 aliphatic heterocycles. The fraction of sp³-hybridized carbons (Fsp3) is 0.500. The summed E-state index contributed by atoms with van der Waals surface area (Å²) in [6.07, 6.45) is 3.32. The number of aromatic nitrogens is 3. The van der Waals surface area contributed by atoms with Crippen molar-refractivity contribution in [3.05, 3.63) is 42.1 Å². The van der Waals surface area contributed by atoms with E-state index in [-0.39, 0.29) is 11.8 Å². The quantitative estimate of drug-likeness (QED) is 0.915. The van der Waals surface area contributed by atoms with Crippen LogP contribution in [0.15, 0.2) is 36.5 Å². The molecule has 0 aliphatic carbocycles. The summed E-state index contributed by atoms with van der Waals surface area (Å²) >= 11 is 0. The highest BCUT2D eigenvalue weighted by molar-refractivity contribution is 5.41. The first-order chi connectivity index (χ1) is 12.2. The lowest BCUT2D eigenvalue weighted by molar-refractivity contribution is -0.169. The molecule has 3 heterocycles. The van der Waals surface area contributed by atoms with Gasteiger partial charge in [-0.05, 0) is 12.5 Å². The van der Waals surface area contributed by atoms with Crippen molar-refractivity contribution in [2.45, 2.75) is 31.6 Å². The molecular weight excluding hydrogens is 318 g/mol. The average Bonchev–Trinajstić information content (AvgIpc) is 3.11. The summed E-state index contributed by atoms with van der Waals surface area (Å²) in [7, 11) is 0. The Morgan fingerprint density at radius 3 is 2.56 bits per heavy atom. The number of ether oxygens (including phenoxy) is 2. The Bertz CT molecular complexity index is 696. The Morgan fingerprint density at radius 1 is 1.12 bits per heavy atom. The third kappa shape index (κ3) is 3.57. The molecule has 132 valence electrons. The fourth-order valence-electron chi connectivity index (χ4n) is 3.38. The molecular formula is C18H23N5O2. The lowest BCUT2D eigenvalue weighted by Gasteiger charge is -2.37. The van der Waals surface area contributed by atoms with Crippen molar-refractivity contribution in [2.75, 3.05) is 36.5 Å². The SMILES string of the molecule is CC(Nc1cnnc(N2CCC3(CC2)OCCO3)n1)c1ccccc1. The molecule has 1 atom stereocenters. The van der Waals surface area contributed by atoms with Crippen LogP contribution in [0.1, 0.15) is 31.4 Å². The number of benzene rings is 1. The molecule has 7 nitrogen and oxygen atoms in total. The molecule has 0 saturated carbocycles. The number of rotatable bonds is 4. The van der Waals surface area contributed by atoms with Gasteiger partial charge in [0.05, 0.1) is 19.4 Å². The summed E-state index contributed by atoms with van der Waals surface area (Å²) in [5.41, 5.74) is 1.21. The number of hydrogen-bond acceptors (Lipinski definition) is 7. The van der Waals surface area contributed by atoms with Crippen molar-refractivity contribution in [1.29, 1.82) is 0 Å². The first kappa shape index (κ1) is 16.2. The number of piperidine rings is 1. The fourth-order valence-corrected chi connectivity index (χ4v) is 3.38. The van der Waals surface area contributed by atoms with Crippen LogP contribution in [0.3, 0.4) is 0 Å². The van der Waals surface area contributed by atoms with Gasteiger partial charge in [0, 0.05) is 32.0 Å². The third-order valence-electron chi connectivity index (χ3n) is 4.83. The summed E-state index contributed by atoms with van der Waals surface area (Å²) in [6.45, 7) is 5.10. The van der Waals surface area contributed by atoms with Gasteiger partial charge in [0.1, 0.15) is 0 Å². The highest BCUT2D eigenvalue weighted by Gasteiger charge is 2.40. The Kier molecular flexibility index (Phi) is 4.50. The monoisotopic (exact) mass is 341 g/mol. The Morgan fingerprint density at radius 2 is 1.84 bits per heavy atom. The molecule has 25 heavy (non-hydrogen) atoms. The van der Waals surface area contributed by atoms with Crippen LogP contribution in [0.5, 0.6) is 0 Å². The van der Waals surface area contributed by atoms with E-state index in [9.17, 15) is 0 Å². The molecule has 7 heteroatoms. The van der Waals surface area contributed by atoms with Crippen LogP contribution < -0.4 is 10.2 Å². The lowest BCUT2D eigenvalue weighted by atomic mass is 10.0. The number of anilines is 2. The zero-order chi connectivity index (χ0) is 17.1. The van der Waals surface area contributed by atoms with Crippen LogP contribution in [0.4, 0.5) is 11.8 Å². The van der Waals surface area contributed by atoms with E-state index in [4.69, 9.17) is 9.47 Å². The predicted octanol–water partition coefficient (Wildman–Crippen LogP) is 2.39. The highest BCUT2D eigenvalue weighted by atomic mass is 16.7. The van der Waals surface area contributed by atoms with Crippen LogP contribution in [-0.4, -0.2) is 47.3 Å². The van der Waals surface area contributed by atoms with Gasteiger partial charge in [-0.15, -0.1) is 5.10 Å². The van der Waals surface area contributed by atoms with Crippen molar-refractivity contribution < 1.29 is 9.47 Å². The zero-order valence-corrected chi connectivity index (χ0v) is 14.4. The van der Waals surface area contributed by atoms with Gasteiger partial charge in [-0.2, -0.15) is 10.1 Å². The molecule has 2 aliphatic rings. The molecule has 0 bridgehead atoms. The summed E-state index contributed by atoms with van der Waals surface area (Å²) < 4.78 is 11.5. The first-order valence-electron chi connectivity index (χ1n) is 8.78. The summed E-state index contributed by atoms with van der Waals surface area (Å²) in [5.74, 6) is 0.995. The van der Waals surface area contributed by atoms with E-state index in [0.29, 0.717) is 19.2 Å². The predicted molar refractivity (Wildman–Crippen MR) is 94.4 cm³/mol. The Balaban J connectivity index is 1.41. The van der Waals surface area contributed by atoms with Crippen molar-refractivity contribution in [3.63, 3.8) is 0 Å². The molecule has 1 aromatic heterocycles. The maximum Gasteiger partial charge on any atom is 0.247 e. The first-order valence-corrected chi connectivity index (χ1v) is 8.78. The van der Waals surface area contributed by atoms with E-state index in [1.807, 2.05) is 18.2 Å². The lowest BCUT2D eigenvalue weighted by Crippen LogP contribution is -2.45. The standard InChI is InChI=1S/C18H23N5O2/c1-14(15-5-3-2-4-6-15)20-16-13-19-22-17(21-16)23-9-7-18(8-10-23)24-11-12-25-18/h2-6,13-14H,7-12H2,1H3,(H,20,21,22). The van der Waals surface area contributed by atoms with Crippen LogP contribution in [0.2, 0.25) is 0 Å². The van der Waals surface area contributed by atoms with Crippen molar-refractivity contribution in [2.24, 2.45) is 0 Å². The van der Waals surface area contributed by atoms with Gasteiger partial charge in [0.2, 0.25) is 5.95 Å². The van der Waals surface area contributed by atoms with E-state index in [0.717, 1.165) is 31.7 Å². The summed E-state index contributed by atoms with van der Waals surface area (Å²) in [4.78, 5) is 6.78. The second-order valence-electron chi connectivity index (χ2n) is 6.51. The van der Waals surface area contributed by atoms with Gasteiger partial charge in [-0.3, -0.25) is 0 Å². The average molecular weight is 341 g/mol. The third-order valence-corrected chi connectivity index (χ3v) is 4.83. The Hall–Kier alpha value is -2.25. The summed E-state index contributed by atoms with van der Waals surface area (Å²) in [5, 5.41) is 11.7. The van der Waals surface area contributed by atoms with E-state index in [1.165, 1.54) is 5.56 Å². The molecule has 2 fully saturated rings. The molecule has 2 aromatic rings. The molecule has 1 aromatic carbocycles. The summed E-state index contributed by atoms with van der Waals surface area (Å²) in [6, 6.07) is 10.4. The minimum Gasteiger partial charge on any atom is -0.362 e. The van der Waals surface area contributed by atoms with Gasteiger partial charge in [-0.25, -0.2) is 0 Å². The molecule has 1 unspecified atom stereocenters. The zero-order valence-electron chi connectivity index (χ0n) is 14.4. The smallest absolute Gasteiger partial charge is 0.247 e. The maximum absolute atomic E-state index is 5.77. The normalized spacial score (nSPS) is 20.6. The van der Waals surface area contributed by atoms with Gasteiger partial charge in [0.25, 0.3) is 0 Å². The molecule has 0 amide bonds. The second kappa shape index (κ2) is 6.93. The molecule has 1 N–H and O–H groups in total. The van der Waals surface area contributed by atoms with E-state index in [2.05, 4.69) is 44.5 Å². The molecule has 4 rings (SSSR count). The van der Waals surface area contributed by atoms with Gasteiger partial charge >= 0.3 is 0 Å². The minimum atomic E-state index is -0.387. The largest absolute Gasteiger partial charge is 0.362 e.